The fourth-order valence-corrected chi connectivity index (χ4v) is 6.45. The molecule has 4 fully saturated rings. The molecule has 1 heterocycles. The fraction of sp³-hybridized carbons (Fsp3) is 0.522. The molecular formula is C23H29N3O. The van der Waals surface area contributed by atoms with Gasteiger partial charge in [0.05, 0.1) is 0 Å². The second-order valence-electron chi connectivity index (χ2n) is 9.24. The van der Waals surface area contributed by atoms with Crippen molar-refractivity contribution in [3.8, 4) is 5.69 Å². The molecule has 2 amide bonds. The molecule has 0 aliphatic heterocycles. The van der Waals surface area contributed by atoms with E-state index >= 15 is 0 Å². The first-order chi connectivity index (χ1) is 13.1. The highest BCUT2D eigenvalue weighted by Gasteiger charge is 2.53. The second kappa shape index (κ2) is 6.43. The van der Waals surface area contributed by atoms with Gasteiger partial charge in [-0.05, 0) is 105 Å². The maximum Gasteiger partial charge on any atom is 0.319 e. The Bertz CT molecular complexity index is 773. The Morgan fingerprint density at radius 2 is 1.56 bits per heavy atom. The number of amides is 2. The van der Waals surface area contributed by atoms with Gasteiger partial charge in [-0.2, -0.15) is 0 Å². The highest BCUT2D eigenvalue weighted by molar-refractivity contribution is 5.89. The number of benzene rings is 1. The average Bonchev–Trinajstić information content (AvgIpc) is 3.16. The number of urea groups is 1. The van der Waals surface area contributed by atoms with Crippen molar-refractivity contribution in [2.75, 3.05) is 5.32 Å². The quantitative estimate of drug-likeness (QED) is 0.770. The van der Waals surface area contributed by atoms with E-state index in [0.717, 1.165) is 29.1 Å². The van der Waals surface area contributed by atoms with Gasteiger partial charge < -0.3 is 15.2 Å². The first kappa shape index (κ1) is 16.9. The molecule has 1 aromatic carbocycles. The molecule has 2 aromatic rings. The van der Waals surface area contributed by atoms with Crippen LogP contribution in [0.15, 0.2) is 48.8 Å². The molecule has 4 saturated carbocycles. The lowest BCUT2D eigenvalue weighted by Gasteiger charge is -2.59. The van der Waals surface area contributed by atoms with Crippen LogP contribution >= 0.6 is 0 Å². The van der Waals surface area contributed by atoms with E-state index in [1.807, 2.05) is 48.8 Å². The van der Waals surface area contributed by atoms with Crippen LogP contribution in [0, 0.1) is 23.2 Å². The Balaban J connectivity index is 1.22. The number of carbonyl (C=O) groups excluding carboxylic acids is 1. The van der Waals surface area contributed by atoms with Gasteiger partial charge in [0.15, 0.2) is 0 Å². The largest absolute Gasteiger partial charge is 0.335 e. The summed E-state index contributed by atoms with van der Waals surface area (Å²) in [5.74, 6) is 2.72. The van der Waals surface area contributed by atoms with E-state index in [2.05, 4.69) is 22.1 Å². The van der Waals surface area contributed by atoms with Gasteiger partial charge in [-0.1, -0.05) is 0 Å². The van der Waals surface area contributed by atoms with Crippen molar-refractivity contribution in [1.29, 1.82) is 0 Å². The zero-order valence-corrected chi connectivity index (χ0v) is 16.0. The van der Waals surface area contributed by atoms with Crippen LogP contribution in [-0.4, -0.2) is 16.6 Å². The molecule has 142 valence electrons. The Hall–Kier alpha value is -2.23. The van der Waals surface area contributed by atoms with Gasteiger partial charge in [0, 0.05) is 29.8 Å². The molecule has 4 heteroatoms. The van der Waals surface area contributed by atoms with E-state index in [0.29, 0.717) is 5.41 Å². The lowest BCUT2D eigenvalue weighted by Crippen LogP contribution is -2.56. The monoisotopic (exact) mass is 363 g/mol. The highest BCUT2D eigenvalue weighted by atomic mass is 16.2. The van der Waals surface area contributed by atoms with Gasteiger partial charge in [0.1, 0.15) is 0 Å². The Kier molecular flexibility index (Phi) is 4.03. The van der Waals surface area contributed by atoms with Crippen LogP contribution in [0.5, 0.6) is 0 Å². The molecule has 0 radical (unpaired) electrons. The summed E-state index contributed by atoms with van der Waals surface area (Å²) in [6.45, 7) is 2.22. The lowest BCUT2D eigenvalue weighted by atomic mass is 9.48. The van der Waals surface area contributed by atoms with Crippen molar-refractivity contribution in [2.24, 2.45) is 23.2 Å². The number of nitrogens with zero attached hydrogens (tertiary/aromatic N) is 1. The molecule has 27 heavy (non-hydrogen) atoms. The van der Waals surface area contributed by atoms with Gasteiger partial charge in [-0.15, -0.1) is 0 Å². The van der Waals surface area contributed by atoms with Gasteiger partial charge in [-0.3, -0.25) is 0 Å². The number of hydrogen-bond acceptors (Lipinski definition) is 1. The van der Waals surface area contributed by atoms with Crippen molar-refractivity contribution in [1.82, 2.24) is 9.88 Å². The van der Waals surface area contributed by atoms with Gasteiger partial charge >= 0.3 is 6.03 Å². The lowest BCUT2D eigenvalue weighted by molar-refractivity contribution is -0.0679. The Morgan fingerprint density at radius 1 is 1.00 bits per heavy atom. The molecule has 6 rings (SSSR count). The molecule has 0 saturated heterocycles. The minimum absolute atomic E-state index is 0.0769. The predicted molar refractivity (Wildman–Crippen MR) is 108 cm³/mol. The molecule has 1 atom stereocenters. The summed E-state index contributed by atoms with van der Waals surface area (Å²) in [5.41, 5.74) is 2.26. The number of rotatable bonds is 4. The number of aromatic nitrogens is 1. The first-order valence-electron chi connectivity index (χ1n) is 10.4. The zero-order chi connectivity index (χ0) is 18.4. The average molecular weight is 364 g/mol. The van der Waals surface area contributed by atoms with Crippen LogP contribution in [-0.2, 0) is 0 Å². The third-order valence-electron chi connectivity index (χ3n) is 7.38. The topological polar surface area (TPSA) is 46.1 Å². The number of nitrogens with one attached hydrogen (secondary N) is 2. The summed E-state index contributed by atoms with van der Waals surface area (Å²) < 4.78 is 2.05. The SMILES string of the molecule is CC(NC(=O)Nc1ccc(-n2cccc2)cc1)C12CC3CC(CC(C3)C1)C2. The molecular weight excluding hydrogens is 334 g/mol. The van der Waals surface area contributed by atoms with E-state index < -0.39 is 0 Å². The van der Waals surface area contributed by atoms with Gasteiger partial charge in [0.25, 0.3) is 0 Å². The van der Waals surface area contributed by atoms with Crippen LogP contribution in [0.2, 0.25) is 0 Å². The molecule has 1 aromatic heterocycles. The Labute approximate surface area is 161 Å². The summed E-state index contributed by atoms with van der Waals surface area (Å²) in [4.78, 5) is 12.6. The number of hydrogen-bond donors (Lipinski definition) is 2. The second-order valence-corrected chi connectivity index (χ2v) is 9.24. The van der Waals surface area contributed by atoms with Crippen molar-refractivity contribution in [3.63, 3.8) is 0 Å². The van der Waals surface area contributed by atoms with Gasteiger partial charge in [0.2, 0.25) is 0 Å². The minimum Gasteiger partial charge on any atom is -0.335 e. The molecule has 4 bridgehead atoms. The third kappa shape index (κ3) is 3.15. The normalized spacial score (nSPS) is 32.3. The van der Waals surface area contributed by atoms with Crippen LogP contribution in [0.4, 0.5) is 10.5 Å². The molecule has 4 nitrogen and oxygen atoms in total. The smallest absolute Gasteiger partial charge is 0.319 e. The highest BCUT2D eigenvalue weighted by Crippen LogP contribution is 2.61. The molecule has 4 aliphatic carbocycles. The van der Waals surface area contributed by atoms with Crippen molar-refractivity contribution in [3.05, 3.63) is 48.8 Å². The summed E-state index contributed by atoms with van der Waals surface area (Å²) >= 11 is 0. The van der Waals surface area contributed by atoms with Crippen molar-refractivity contribution < 1.29 is 4.79 Å². The number of anilines is 1. The van der Waals surface area contributed by atoms with E-state index in [9.17, 15) is 4.79 Å². The molecule has 0 spiro atoms. The van der Waals surface area contributed by atoms with E-state index in [-0.39, 0.29) is 12.1 Å². The fourth-order valence-electron chi connectivity index (χ4n) is 6.45. The minimum atomic E-state index is -0.0769. The van der Waals surface area contributed by atoms with Crippen LogP contribution < -0.4 is 10.6 Å². The molecule has 4 aliphatic rings. The number of carbonyl (C=O) groups is 1. The van der Waals surface area contributed by atoms with Crippen molar-refractivity contribution in [2.45, 2.75) is 51.5 Å². The van der Waals surface area contributed by atoms with E-state index in [4.69, 9.17) is 0 Å². The van der Waals surface area contributed by atoms with E-state index in [1.54, 1.807) is 0 Å². The first-order valence-corrected chi connectivity index (χ1v) is 10.4. The maximum atomic E-state index is 12.6. The maximum absolute atomic E-state index is 12.6. The summed E-state index contributed by atoms with van der Waals surface area (Å²) in [6, 6.07) is 12.2. The zero-order valence-electron chi connectivity index (χ0n) is 16.0. The van der Waals surface area contributed by atoms with Crippen LogP contribution in [0.25, 0.3) is 5.69 Å². The summed E-state index contributed by atoms with van der Waals surface area (Å²) in [6.07, 6.45) is 12.3. The van der Waals surface area contributed by atoms with E-state index in [1.165, 1.54) is 38.5 Å². The van der Waals surface area contributed by atoms with Crippen LogP contribution in [0.3, 0.4) is 0 Å². The summed E-state index contributed by atoms with van der Waals surface area (Å²) in [5, 5.41) is 6.29. The predicted octanol–water partition coefficient (Wildman–Crippen LogP) is 5.20. The van der Waals surface area contributed by atoms with Crippen molar-refractivity contribution >= 4 is 11.7 Å². The third-order valence-corrected chi connectivity index (χ3v) is 7.38. The molecule has 2 N–H and O–H groups in total. The Morgan fingerprint density at radius 3 is 2.11 bits per heavy atom. The summed E-state index contributed by atoms with van der Waals surface area (Å²) in [7, 11) is 0. The molecule has 1 unspecified atom stereocenters. The standard InChI is InChI=1S/C23H29N3O/c1-16(23-13-17-10-18(14-23)12-19(11-17)15-23)24-22(27)25-20-4-6-21(7-5-20)26-8-2-3-9-26/h2-9,16-19H,10-15H2,1H3,(H2,24,25,27). The van der Waals surface area contributed by atoms with Crippen LogP contribution in [0.1, 0.15) is 45.4 Å². The van der Waals surface area contributed by atoms with Gasteiger partial charge in [-0.25, -0.2) is 4.79 Å².